The summed E-state index contributed by atoms with van der Waals surface area (Å²) >= 11 is 1.60. The number of carboxylic acid groups (broad SMARTS) is 1. The van der Waals surface area contributed by atoms with Gasteiger partial charge in [0.15, 0.2) is 0 Å². The molecular formula is C15H19N3O2S. The van der Waals surface area contributed by atoms with E-state index in [-0.39, 0.29) is 0 Å². The molecule has 0 aliphatic rings. The molecule has 3 N–H and O–H groups in total. The van der Waals surface area contributed by atoms with Gasteiger partial charge in [-0.25, -0.2) is 0 Å². The predicted octanol–water partition coefficient (Wildman–Crippen LogP) is 2.29. The summed E-state index contributed by atoms with van der Waals surface area (Å²) in [5.74, 6) is -0.1000. The third-order valence-corrected chi connectivity index (χ3v) is 3.19. The SMILES string of the molecule is CSCC[C@H](N)C(=O)O.c1ccc(-c2ccccn2)nc1. The van der Waals surface area contributed by atoms with Crippen molar-refractivity contribution in [1.29, 1.82) is 0 Å². The smallest absolute Gasteiger partial charge is 0.320 e. The van der Waals surface area contributed by atoms with Gasteiger partial charge in [0.25, 0.3) is 0 Å². The summed E-state index contributed by atoms with van der Waals surface area (Å²) in [4.78, 5) is 18.4. The lowest BCUT2D eigenvalue weighted by Gasteiger charge is -2.02. The van der Waals surface area contributed by atoms with E-state index in [1.165, 1.54) is 0 Å². The Kier molecular flexibility index (Phi) is 8.08. The average molecular weight is 305 g/mol. The van der Waals surface area contributed by atoms with Crippen LogP contribution in [-0.4, -0.2) is 39.1 Å². The first kappa shape index (κ1) is 17.1. The fraction of sp³-hybridized carbons (Fsp3) is 0.267. The molecule has 0 aliphatic heterocycles. The van der Waals surface area contributed by atoms with Crippen LogP contribution in [0, 0.1) is 0 Å². The number of aliphatic carboxylic acids is 1. The van der Waals surface area contributed by atoms with E-state index in [9.17, 15) is 4.79 Å². The highest BCUT2D eigenvalue weighted by Gasteiger charge is 2.08. The van der Waals surface area contributed by atoms with Gasteiger partial charge in [0.2, 0.25) is 0 Å². The molecular weight excluding hydrogens is 286 g/mol. The minimum Gasteiger partial charge on any atom is -0.480 e. The van der Waals surface area contributed by atoms with Gasteiger partial charge in [0, 0.05) is 12.4 Å². The number of pyridine rings is 2. The third kappa shape index (κ3) is 6.87. The summed E-state index contributed by atoms with van der Waals surface area (Å²) in [6, 6.07) is 10.9. The molecule has 6 heteroatoms. The van der Waals surface area contributed by atoms with Gasteiger partial charge in [0.1, 0.15) is 6.04 Å². The molecule has 0 spiro atoms. The Morgan fingerprint density at radius 1 is 1.19 bits per heavy atom. The van der Waals surface area contributed by atoms with Crippen LogP contribution in [0.15, 0.2) is 48.8 Å². The van der Waals surface area contributed by atoms with E-state index in [0.29, 0.717) is 6.42 Å². The number of carbonyl (C=O) groups is 1. The topological polar surface area (TPSA) is 89.1 Å². The number of nitrogens with zero attached hydrogens (tertiary/aromatic N) is 2. The molecule has 0 bridgehead atoms. The van der Waals surface area contributed by atoms with E-state index < -0.39 is 12.0 Å². The lowest BCUT2D eigenvalue weighted by atomic mass is 10.2. The van der Waals surface area contributed by atoms with Crippen molar-refractivity contribution in [3.63, 3.8) is 0 Å². The Balaban J connectivity index is 0.000000222. The van der Waals surface area contributed by atoms with Gasteiger partial charge in [-0.3, -0.25) is 14.8 Å². The summed E-state index contributed by atoms with van der Waals surface area (Å²) in [6.07, 6.45) is 6.01. The summed E-state index contributed by atoms with van der Waals surface area (Å²) in [5.41, 5.74) is 7.02. The maximum atomic E-state index is 10.1. The summed E-state index contributed by atoms with van der Waals surface area (Å²) in [6.45, 7) is 0. The molecule has 0 aliphatic carbocycles. The van der Waals surface area contributed by atoms with E-state index in [1.54, 1.807) is 24.2 Å². The first-order valence-electron chi connectivity index (χ1n) is 6.45. The highest BCUT2D eigenvalue weighted by molar-refractivity contribution is 7.98. The summed E-state index contributed by atoms with van der Waals surface area (Å²) < 4.78 is 0. The van der Waals surface area contributed by atoms with E-state index in [1.807, 2.05) is 42.7 Å². The highest BCUT2D eigenvalue weighted by atomic mass is 32.2. The molecule has 0 aromatic carbocycles. The first-order valence-corrected chi connectivity index (χ1v) is 7.84. The second kappa shape index (κ2) is 9.90. The fourth-order valence-electron chi connectivity index (χ4n) is 1.40. The zero-order valence-electron chi connectivity index (χ0n) is 11.8. The van der Waals surface area contributed by atoms with Crippen LogP contribution in [0.25, 0.3) is 11.4 Å². The predicted molar refractivity (Wildman–Crippen MR) is 86.1 cm³/mol. The molecule has 0 fully saturated rings. The molecule has 0 saturated heterocycles. The summed E-state index contributed by atoms with van der Waals surface area (Å²) in [5, 5.41) is 8.27. The van der Waals surface area contributed by atoms with Crippen molar-refractivity contribution in [2.45, 2.75) is 12.5 Å². The van der Waals surface area contributed by atoms with Crippen molar-refractivity contribution >= 4 is 17.7 Å². The normalized spacial score (nSPS) is 11.1. The van der Waals surface area contributed by atoms with E-state index >= 15 is 0 Å². The minimum absolute atomic E-state index is 0.552. The van der Waals surface area contributed by atoms with Gasteiger partial charge < -0.3 is 10.8 Å². The molecule has 21 heavy (non-hydrogen) atoms. The Morgan fingerprint density at radius 3 is 2.05 bits per heavy atom. The van der Waals surface area contributed by atoms with Crippen LogP contribution in [0.3, 0.4) is 0 Å². The second-order valence-electron chi connectivity index (χ2n) is 4.16. The second-order valence-corrected chi connectivity index (χ2v) is 5.14. The lowest BCUT2D eigenvalue weighted by molar-refractivity contribution is -0.138. The zero-order valence-corrected chi connectivity index (χ0v) is 12.7. The zero-order chi connectivity index (χ0) is 15.5. The van der Waals surface area contributed by atoms with Crippen molar-refractivity contribution in [2.75, 3.05) is 12.0 Å². The standard InChI is InChI=1S/C10H8N2.C5H11NO2S/c1-3-7-11-9(5-1)10-6-2-4-8-12-10;1-9-3-2-4(6)5(7)8/h1-8H;4H,2-3,6H2,1H3,(H,7,8)/t;4-/m.0/s1. The van der Waals surface area contributed by atoms with Crippen LogP contribution >= 0.6 is 11.8 Å². The average Bonchev–Trinajstić information content (AvgIpc) is 2.54. The maximum absolute atomic E-state index is 10.1. The fourth-order valence-corrected chi connectivity index (χ4v) is 1.89. The van der Waals surface area contributed by atoms with Crippen LogP contribution < -0.4 is 5.73 Å². The molecule has 0 unspecified atom stereocenters. The third-order valence-electron chi connectivity index (χ3n) is 2.54. The van der Waals surface area contributed by atoms with E-state index in [0.717, 1.165) is 17.1 Å². The van der Waals surface area contributed by atoms with Crippen LogP contribution in [0.5, 0.6) is 0 Å². The molecule has 2 aromatic rings. The van der Waals surface area contributed by atoms with Crippen molar-refractivity contribution in [1.82, 2.24) is 9.97 Å². The minimum atomic E-state index is -0.913. The van der Waals surface area contributed by atoms with Gasteiger partial charge >= 0.3 is 5.97 Å². The summed E-state index contributed by atoms with van der Waals surface area (Å²) in [7, 11) is 0. The van der Waals surface area contributed by atoms with Gasteiger partial charge in [-0.1, -0.05) is 12.1 Å². The van der Waals surface area contributed by atoms with Crippen LogP contribution in [0.2, 0.25) is 0 Å². The van der Waals surface area contributed by atoms with Gasteiger partial charge in [-0.15, -0.1) is 0 Å². The van der Waals surface area contributed by atoms with Crippen molar-refractivity contribution in [2.24, 2.45) is 5.73 Å². The number of hydrogen-bond donors (Lipinski definition) is 2. The Hall–Kier alpha value is -1.92. The quantitative estimate of drug-likeness (QED) is 0.881. The molecule has 2 heterocycles. The van der Waals surface area contributed by atoms with Gasteiger partial charge in [0.05, 0.1) is 11.4 Å². The molecule has 2 rings (SSSR count). The first-order chi connectivity index (χ1) is 10.1. The largest absolute Gasteiger partial charge is 0.480 e. The maximum Gasteiger partial charge on any atom is 0.320 e. The Labute approximate surface area is 128 Å². The monoisotopic (exact) mass is 305 g/mol. The lowest BCUT2D eigenvalue weighted by Crippen LogP contribution is -2.30. The molecule has 0 saturated carbocycles. The molecule has 2 aromatic heterocycles. The van der Waals surface area contributed by atoms with Crippen LogP contribution in [-0.2, 0) is 4.79 Å². The molecule has 112 valence electrons. The molecule has 1 atom stereocenters. The number of carboxylic acids is 1. The van der Waals surface area contributed by atoms with E-state index in [2.05, 4.69) is 9.97 Å². The Bertz CT molecular complexity index is 485. The highest BCUT2D eigenvalue weighted by Crippen LogP contribution is 2.10. The van der Waals surface area contributed by atoms with Gasteiger partial charge in [-0.2, -0.15) is 11.8 Å². The number of nitrogens with two attached hydrogens (primary N) is 1. The molecule has 0 radical (unpaired) electrons. The molecule has 5 nitrogen and oxygen atoms in total. The van der Waals surface area contributed by atoms with Crippen molar-refractivity contribution in [3.8, 4) is 11.4 Å². The van der Waals surface area contributed by atoms with E-state index in [4.69, 9.17) is 10.8 Å². The van der Waals surface area contributed by atoms with Crippen LogP contribution in [0.4, 0.5) is 0 Å². The van der Waals surface area contributed by atoms with Crippen molar-refractivity contribution in [3.05, 3.63) is 48.8 Å². The number of rotatable bonds is 5. The van der Waals surface area contributed by atoms with Crippen molar-refractivity contribution < 1.29 is 9.90 Å². The van der Waals surface area contributed by atoms with Gasteiger partial charge in [-0.05, 0) is 42.7 Å². The van der Waals surface area contributed by atoms with Crippen LogP contribution in [0.1, 0.15) is 6.42 Å². The number of hydrogen-bond acceptors (Lipinski definition) is 5. The molecule has 0 amide bonds. The number of thioether (sulfide) groups is 1. The number of aromatic nitrogens is 2. The Morgan fingerprint density at radius 2 is 1.71 bits per heavy atom.